The first kappa shape index (κ1) is 18.8. The molecule has 2 fully saturated rings. The van der Waals surface area contributed by atoms with E-state index < -0.39 is 0 Å². The van der Waals surface area contributed by atoms with Crippen LogP contribution in [0.15, 0.2) is 22.7 Å². The van der Waals surface area contributed by atoms with Crippen molar-refractivity contribution in [1.82, 2.24) is 24.9 Å². The number of rotatable bonds is 6. The molecule has 1 unspecified atom stereocenters. The van der Waals surface area contributed by atoms with Gasteiger partial charge in [0.15, 0.2) is 5.82 Å². The van der Waals surface area contributed by atoms with Gasteiger partial charge in [-0.15, -0.1) is 0 Å². The maximum Gasteiger partial charge on any atom is 0.248 e. The Morgan fingerprint density at radius 2 is 2.11 bits per heavy atom. The fourth-order valence-corrected chi connectivity index (χ4v) is 4.33. The third-order valence-corrected chi connectivity index (χ3v) is 5.56. The summed E-state index contributed by atoms with van der Waals surface area (Å²) in [6.45, 7) is 5.57. The van der Waals surface area contributed by atoms with Crippen LogP contribution in [0.1, 0.15) is 23.3 Å². The lowest BCUT2D eigenvalue weighted by Crippen LogP contribution is -2.59. The minimum atomic E-state index is -0.0821. The van der Waals surface area contributed by atoms with Gasteiger partial charge in [0.25, 0.3) is 0 Å². The first-order valence-electron chi connectivity index (χ1n) is 9.32. The van der Waals surface area contributed by atoms with E-state index in [0.29, 0.717) is 30.7 Å². The van der Waals surface area contributed by atoms with Gasteiger partial charge in [-0.25, -0.2) is 4.98 Å². The Balaban J connectivity index is 1.48. The average molecular weight is 387 g/mol. The van der Waals surface area contributed by atoms with E-state index in [-0.39, 0.29) is 23.8 Å². The molecule has 1 amide bonds. The molecule has 2 aromatic rings. The van der Waals surface area contributed by atoms with Crippen molar-refractivity contribution in [2.75, 3.05) is 47.0 Å². The predicted octanol–water partition coefficient (Wildman–Crippen LogP) is 0.856. The second-order valence-electron chi connectivity index (χ2n) is 7.62. The van der Waals surface area contributed by atoms with Crippen molar-refractivity contribution in [2.45, 2.75) is 19.4 Å². The molecule has 0 aromatic carbocycles. The molecule has 9 nitrogen and oxygen atoms in total. The normalized spacial score (nSPS) is 21.1. The van der Waals surface area contributed by atoms with Crippen molar-refractivity contribution in [3.05, 3.63) is 35.6 Å². The van der Waals surface area contributed by atoms with Crippen molar-refractivity contribution in [2.24, 2.45) is 5.41 Å². The highest BCUT2D eigenvalue weighted by Crippen LogP contribution is 2.49. The zero-order chi connectivity index (χ0) is 19.7. The standard InChI is InChI=1S/C19H25N5O4/c1-13-20-18(28-22-13)15-8-24(17(25)9-26-2)12-19(15)10-23(11-19)7-14-5-4-6-16(21-14)27-3/h4-6,15H,7-12H2,1-3H3. The summed E-state index contributed by atoms with van der Waals surface area (Å²) in [6, 6.07) is 5.78. The number of ether oxygens (including phenoxy) is 2. The van der Waals surface area contributed by atoms with Crippen LogP contribution in [0.5, 0.6) is 5.88 Å². The van der Waals surface area contributed by atoms with Gasteiger partial charge >= 0.3 is 0 Å². The Labute approximate surface area is 163 Å². The van der Waals surface area contributed by atoms with Crippen molar-refractivity contribution in [1.29, 1.82) is 0 Å². The third kappa shape index (κ3) is 3.47. The minimum Gasteiger partial charge on any atom is -0.481 e. The van der Waals surface area contributed by atoms with Gasteiger partial charge in [-0.3, -0.25) is 9.69 Å². The highest BCUT2D eigenvalue weighted by atomic mass is 16.5. The van der Waals surface area contributed by atoms with Crippen LogP contribution in [-0.2, 0) is 16.1 Å². The number of hydrogen-bond donors (Lipinski definition) is 0. The Morgan fingerprint density at radius 1 is 1.29 bits per heavy atom. The molecule has 9 heteroatoms. The van der Waals surface area contributed by atoms with E-state index in [1.54, 1.807) is 7.11 Å². The zero-order valence-electron chi connectivity index (χ0n) is 16.4. The molecular weight excluding hydrogens is 362 g/mol. The predicted molar refractivity (Wildman–Crippen MR) is 98.7 cm³/mol. The summed E-state index contributed by atoms with van der Waals surface area (Å²) in [6.07, 6.45) is 0. The Bertz CT molecular complexity index is 848. The fourth-order valence-electron chi connectivity index (χ4n) is 4.33. The lowest BCUT2D eigenvalue weighted by Gasteiger charge is -2.50. The summed E-state index contributed by atoms with van der Waals surface area (Å²) in [4.78, 5) is 25.5. The van der Waals surface area contributed by atoms with E-state index in [4.69, 9.17) is 14.0 Å². The number of carbonyl (C=O) groups excluding carboxylic acids is 1. The lowest BCUT2D eigenvalue weighted by molar-refractivity contribution is -0.135. The average Bonchev–Trinajstić information content (AvgIpc) is 3.26. The number of methoxy groups -OCH3 is 2. The van der Waals surface area contributed by atoms with E-state index in [1.165, 1.54) is 7.11 Å². The first-order chi connectivity index (χ1) is 13.5. The molecule has 0 saturated carbocycles. The molecule has 0 radical (unpaired) electrons. The molecule has 2 saturated heterocycles. The Morgan fingerprint density at radius 3 is 2.79 bits per heavy atom. The molecule has 1 spiro atoms. The smallest absolute Gasteiger partial charge is 0.248 e. The molecule has 4 rings (SSSR count). The number of pyridine rings is 1. The van der Waals surface area contributed by atoms with Crippen LogP contribution < -0.4 is 4.74 Å². The summed E-state index contributed by atoms with van der Waals surface area (Å²) in [5.41, 5.74) is 0.881. The number of nitrogens with zero attached hydrogens (tertiary/aromatic N) is 5. The number of carbonyl (C=O) groups is 1. The largest absolute Gasteiger partial charge is 0.481 e. The van der Waals surface area contributed by atoms with Gasteiger partial charge in [0.05, 0.1) is 18.7 Å². The number of aryl methyl sites for hydroxylation is 1. The van der Waals surface area contributed by atoms with Gasteiger partial charge in [0.2, 0.25) is 17.7 Å². The summed E-state index contributed by atoms with van der Waals surface area (Å²) >= 11 is 0. The Hall–Kier alpha value is -2.52. The van der Waals surface area contributed by atoms with Gasteiger partial charge in [0.1, 0.15) is 6.61 Å². The number of likely N-dealkylation sites (tertiary alicyclic amines) is 2. The van der Waals surface area contributed by atoms with Crippen LogP contribution in [0.3, 0.4) is 0 Å². The molecule has 150 valence electrons. The molecule has 0 aliphatic carbocycles. The molecule has 28 heavy (non-hydrogen) atoms. The summed E-state index contributed by atoms with van der Waals surface area (Å²) < 4.78 is 15.7. The van der Waals surface area contributed by atoms with Crippen molar-refractivity contribution >= 4 is 5.91 Å². The highest BCUT2D eigenvalue weighted by molar-refractivity contribution is 5.78. The topological polar surface area (TPSA) is 93.8 Å². The van der Waals surface area contributed by atoms with Crippen LogP contribution in [-0.4, -0.2) is 77.8 Å². The van der Waals surface area contributed by atoms with Crippen molar-refractivity contribution in [3.8, 4) is 5.88 Å². The molecular formula is C19H25N5O4. The molecule has 2 aromatic heterocycles. The van der Waals surface area contributed by atoms with Crippen LogP contribution in [0, 0.1) is 12.3 Å². The van der Waals surface area contributed by atoms with Crippen LogP contribution in [0.4, 0.5) is 0 Å². The lowest BCUT2D eigenvalue weighted by atomic mass is 9.71. The van der Waals surface area contributed by atoms with Crippen molar-refractivity contribution in [3.63, 3.8) is 0 Å². The van der Waals surface area contributed by atoms with Gasteiger partial charge in [-0.1, -0.05) is 11.2 Å². The van der Waals surface area contributed by atoms with Gasteiger partial charge in [-0.05, 0) is 13.0 Å². The summed E-state index contributed by atoms with van der Waals surface area (Å²) in [5.74, 6) is 1.87. The summed E-state index contributed by atoms with van der Waals surface area (Å²) in [5, 5.41) is 3.95. The van der Waals surface area contributed by atoms with E-state index >= 15 is 0 Å². The SMILES string of the molecule is COCC(=O)N1CC(c2nc(C)no2)C2(CN(Cc3cccc(OC)n3)C2)C1. The second-order valence-corrected chi connectivity index (χ2v) is 7.62. The van der Waals surface area contributed by atoms with E-state index in [0.717, 1.165) is 25.3 Å². The van der Waals surface area contributed by atoms with Crippen LogP contribution in [0.2, 0.25) is 0 Å². The molecule has 1 atom stereocenters. The Kier molecular flexibility index (Phi) is 5.03. The quantitative estimate of drug-likeness (QED) is 0.720. The molecule has 0 N–H and O–H groups in total. The minimum absolute atomic E-state index is 0.00600. The van der Waals surface area contributed by atoms with Gasteiger partial charge in [0, 0.05) is 51.3 Å². The third-order valence-electron chi connectivity index (χ3n) is 5.56. The highest BCUT2D eigenvalue weighted by Gasteiger charge is 2.57. The number of amides is 1. The van der Waals surface area contributed by atoms with E-state index in [2.05, 4.69) is 20.0 Å². The number of aromatic nitrogens is 3. The maximum atomic E-state index is 12.4. The van der Waals surface area contributed by atoms with Crippen molar-refractivity contribution < 1.29 is 18.8 Å². The monoisotopic (exact) mass is 387 g/mol. The molecule has 4 heterocycles. The molecule has 0 bridgehead atoms. The fraction of sp³-hybridized carbons (Fsp3) is 0.579. The maximum absolute atomic E-state index is 12.4. The van der Waals surface area contributed by atoms with E-state index in [9.17, 15) is 4.79 Å². The van der Waals surface area contributed by atoms with Crippen LogP contribution >= 0.6 is 0 Å². The van der Waals surface area contributed by atoms with Gasteiger partial charge < -0.3 is 18.9 Å². The first-order valence-corrected chi connectivity index (χ1v) is 9.32. The molecule has 2 aliphatic rings. The van der Waals surface area contributed by atoms with Crippen LogP contribution in [0.25, 0.3) is 0 Å². The molecule has 2 aliphatic heterocycles. The van der Waals surface area contributed by atoms with Gasteiger partial charge in [-0.2, -0.15) is 4.98 Å². The zero-order valence-corrected chi connectivity index (χ0v) is 16.4. The van der Waals surface area contributed by atoms with E-state index in [1.807, 2.05) is 30.0 Å². The summed E-state index contributed by atoms with van der Waals surface area (Å²) in [7, 11) is 3.15. The second kappa shape index (κ2) is 7.48. The number of hydrogen-bond acceptors (Lipinski definition) is 8.